The van der Waals surface area contributed by atoms with Gasteiger partial charge in [-0.3, -0.25) is 0 Å². The summed E-state index contributed by atoms with van der Waals surface area (Å²) in [5.74, 6) is 0.921. The van der Waals surface area contributed by atoms with Crippen LogP contribution >= 0.6 is 0 Å². The van der Waals surface area contributed by atoms with E-state index < -0.39 is 0 Å². The van der Waals surface area contributed by atoms with Crippen molar-refractivity contribution in [3.05, 3.63) is 0 Å². The number of unbranched alkanes of at least 4 members (excludes halogenated alkanes) is 10. The summed E-state index contributed by atoms with van der Waals surface area (Å²) in [6.45, 7) is 9.37. The minimum atomic E-state index is 0.921. The molecule has 2 heteroatoms. The van der Waals surface area contributed by atoms with Crippen LogP contribution in [0.4, 0.5) is 0 Å². The van der Waals surface area contributed by atoms with Gasteiger partial charge < -0.3 is 9.80 Å². The molecule has 1 atom stereocenters. The van der Waals surface area contributed by atoms with E-state index in [2.05, 4.69) is 58.8 Å². The minimum Gasteiger partial charge on any atom is -0.309 e. The third-order valence-electron chi connectivity index (χ3n) is 5.13. The molecule has 2 nitrogen and oxygen atoms in total. The summed E-state index contributed by atoms with van der Waals surface area (Å²) in [6.07, 6.45) is 19.8. The van der Waals surface area contributed by atoms with Crippen molar-refractivity contribution in [2.24, 2.45) is 5.92 Å². The molecule has 0 bridgehead atoms. The van der Waals surface area contributed by atoms with E-state index in [-0.39, 0.29) is 0 Å². The van der Waals surface area contributed by atoms with Gasteiger partial charge in [0, 0.05) is 6.54 Å². The fourth-order valence-corrected chi connectivity index (χ4v) is 3.35. The Morgan fingerprint density at radius 1 is 0.538 bits per heavy atom. The van der Waals surface area contributed by atoms with Gasteiger partial charge in [-0.05, 0) is 53.5 Å². The van der Waals surface area contributed by atoms with Crippen LogP contribution in [-0.4, -0.2) is 51.1 Å². The molecule has 0 aromatic rings. The molecule has 0 aromatic heterocycles. The van der Waals surface area contributed by atoms with Crippen LogP contribution in [0.1, 0.15) is 111 Å². The van der Waals surface area contributed by atoms with Crippen molar-refractivity contribution >= 4 is 0 Å². The van der Waals surface area contributed by atoms with Gasteiger partial charge >= 0.3 is 0 Å². The summed E-state index contributed by atoms with van der Waals surface area (Å²) in [5, 5.41) is 0. The Kier molecular flexibility index (Phi) is 24.8. The van der Waals surface area contributed by atoms with Crippen LogP contribution in [-0.2, 0) is 0 Å². The Morgan fingerprint density at radius 2 is 1.00 bits per heavy atom. The number of hydrogen-bond donors (Lipinski definition) is 0. The molecule has 0 aromatic carbocycles. The van der Waals surface area contributed by atoms with E-state index in [4.69, 9.17) is 0 Å². The molecule has 0 amide bonds. The molecule has 0 aliphatic rings. The zero-order chi connectivity index (χ0) is 20.0. The fourth-order valence-electron chi connectivity index (χ4n) is 3.35. The first kappa shape index (κ1) is 28.1. The Balaban J connectivity index is 0. The van der Waals surface area contributed by atoms with E-state index in [1.807, 2.05) is 0 Å². The van der Waals surface area contributed by atoms with Crippen molar-refractivity contribution in [3.63, 3.8) is 0 Å². The highest BCUT2D eigenvalue weighted by atomic mass is 15.1. The van der Waals surface area contributed by atoms with Crippen LogP contribution in [0.5, 0.6) is 0 Å². The van der Waals surface area contributed by atoms with Gasteiger partial charge in [-0.1, -0.05) is 97.8 Å². The molecule has 26 heavy (non-hydrogen) atoms. The van der Waals surface area contributed by atoms with Crippen molar-refractivity contribution in [3.8, 4) is 0 Å². The summed E-state index contributed by atoms with van der Waals surface area (Å²) in [5.41, 5.74) is 0. The number of rotatable bonds is 17. The molecule has 0 saturated heterocycles. The average Bonchev–Trinajstić information content (AvgIpc) is 2.60. The van der Waals surface area contributed by atoms with Crippen molar-refractivity contribution in [2.45, 2.75) is 111 Å². The highest BCUT2D eigenvalue weighted by Gasteiger charge is 2.05. The van der Waals surface area contributed by atoms with E-state index in [1.165, 1.54) is 103 Å². The lowest BCUT2D eigenvalue weighted by Crippen LogP contribution is -2.21. The SMILES string of the molecule is CCCCC(CC)CN(C)C.CCCCCCCCCCCCN(C)C. The Hall–Kier alpha value is -0.0800. The van der Waals surface area contributed by atoms with E-state index in [0.29, 0.717) is 0 Å². The van der Waals surface area contributed by atoms with Crippen molar-refractivity contribution in [1.82, 2.24) is 9.80 Å². The molecular formula is C24H54N2. The maximum atomic E-state index is 2.30. The summed E-state index contributed by atoms with van der Waals surface area (Å²) in [6, 6.07) is 0. The lowest BCUT2D eigenvalue weighted by Gasteiger charge is -2.18. The lowest BCUT2D eigenvalue weighted by atomic mass is 9.99. The predicted octanol–water partition coefficient (Wildman–Crippen LogP) is 7.23. The molecule has 0 radical (unpaired) electrons. The van der Waals surface area contributed by atoms with Gasteiger partial charge in [-0.2, -0.15) is 0 Å². The highest BCUT2D eigenvalue weighted by molar-refractivity contribution is 4.59. The van der Waals surface area contributed by atoms with Gasteiger partial charge in [-0.25, -0.2) is 0 Å². The third-order valence-corrected chi connectivity index (χ3v) is 5.13. The standard InChI is InChI=1S/C14H31N.C10H23N/c1-4-5-6-7-8-9-10-11-12-13-14-15(2)3;1-5-7-8-10(6-2)9-11(3)4/h4-14H2,1-3H3;10H,5-9H2,1-4H3. The monoisotopic (exact) mass is 370 g/mol. The molecule has 0 aliphatic carbocycles. The van der Waals surface area contributed by atoms with Crippen LogP contribution in [0, 0.1) is 5.92 Å². The van der Waals surface area contributed by atoms with Crippen molar-refractivity contribution < 1.29 is 0 Å². The second-order valence-corrected chi connectivity index (χ2v) is 8.66. The Morgan fingerprint density at radius 3 is 1.38 bits per heavy atom. The predicted molar refractivity (Wildman–Crippen MR) is 122 cm³/mol. The van der Waals surface area contributed by atoms with Gasteiger partial charge in [0.05, 0.1) is 0 Å². The zero-order valence-electron chi connectivity index (χ0n) is 19.8. The summed E-state index contributed by atoms with van der Waals surface area (Å²) < 4.78 is 0. The van der Waals surface area contributed by atoms with Crippen molar-refractivity contribution in [1.29, 1.82) is 0 Å². The molecule has 0 N–H and O–H groups in total. The lowest BCUT2D eigenvalue weighted by molar-refractivity contribution is 0.301. The molecule has 0 aliphatic heterocycles. The first-order chi connectivity index (χ1) is 12.5. The van der Waals surface area contributed by atoms with Gasteiger partial charge in [0.25, 0.3) is 0 Å². The van der Waals surface area contributed by atoms with Crippen LogP contribution in [0.25, 0.3) is 0 Å². The van der Waals surface area contributed by atoms with E-state index in [0.717, 1.165) is 5.92 Å². The highest BCUT2D eigenvalue weighted by Crippen LogP contribution is 2.12. The molecule has 0 spiro atoms. The van der Waals surface area contributed by atoms with Crippen LogP contribution in [0.2, 0.25) is 0 Å². The second kappa shape index (κ2) is 23.0. The summed E-state index contributed by atoms with van der Waals surface area (Å²) in [4.78, 5) is 4.58. The molecule has 0 rings (SSSR count). The van der Waals surface area contributed by atoms with Crippen LogP contribution in [0.3, 0.4) is 0 Å². The van der Waals surface area contributed by atoms with Gasteiger partial charge in [0.2, 0.25) is 0 Å². The Labute approximate surface area is 168 Å². The minimum absolute atomic E-state index is 0.921. The normalized spacial score (nSPS) is 12.3. The van der Waals surface area contributed by atoms with Crippen molar-refractivity contribution in [2.75, 3.05) is 41.3 Å². The molecule has 160 valence electrons. The quantitative estimate of drug-likeness (QED) is 0.249. The third kappa shape index (κ3) is 26.2. The average molecular weight is 371 g/mol. The van der Waals surface area contributed by atoms with Gasteiger partial charge in [0.15, 0.2) is 0 Å². The van der Waals surface area contributed by atoms with E-state index >= 15 is 0 Å². The topological polar surface area (TPSA) is 6.48 Å². The molecule has 0 fully saturated rings. The smallest absolute Gasteiger partial charge is 0.000346 e. The Bertz CT molecular complexity index is 238. The number of nitrogens with zero attached hydrogens (tertiary/aromatic N) is 2. The maximum absolute atomic E-state index is 2.30. The summed E-state index contributed by atoms with van der Waals surface area (Å²) >= 11 is 0. The number of hydrogen-bond acceptors (Lipinski definition) is 2. The van der Waals surface area contributed by atoms with Crippen LogP contribution < -0.4 is 0 Å². The van der Waals surface area contributed by atoms with Crippen LogP contribution in [0.15, 0.2) is 0 Å². The zero-order valence-corrected chi connectivity index (χ0v) is 19.8. The van der Waals surface area contributed by atoms with Gasteiger partial charge in [-0.15, -0.1) is 0 Å². The first-order valence-corrected chi connectivity index (χ1v) is 11.8. The summed E-state index contributed by atoms with van der Waals surface area (Å²) in [7, 11) is 8.64. The second-order valence-electron chi connectivity index (χ2n) is 8.66. The largest absolute Gasteiger partial charge is 0.309 e. The maximum Gasteiger partial charge on any atom is 0.000346 e. The molecule has 1 unspecified atom stereocenters. The molecular weight excluding hydrogens is 316 g/mol. The fraction of sp³-hybridized carbons (Fsp3) is 1.00. The molecule has 0 heterocycles. The first-order valence-electron chi connectivity index (χ1n) is 11.8. The molecule has 0 saturated carbocycles. The van der Waals surface area contributed by atoms with Gasteiger partial charge in [0.1, 0.15) is 0 Å². The van der Waals surface area contributed by atoms with E-state index in [9.17, 15) is 0 Å². The van der Waals surface area contributed by atoms with E-state index in [1.54, 1.807) is 0 Å².